The number of nitrogens with zero attached hydrogens (tertiary/aromatic N) is 5. The van der Waals surface area contributed by atoms with Crippen LogP contribution in [0.15, 0.2) is 37.1 Å². The third-order valence-corrected chi connectivity index (χ3v) is 7.07. The number of aromatic nitrogens is 4. The van der Waals surface area contributed by atoms with Crippen molar-refractivity contribution in [2.45, 2.75) is 70.6 Å². The summed E-state index contributed by atoms with van der Waals surface area (Å²) in [6.07, 6.45) is 10.5. The number of carbonyl (C=O) groups is 1. The molecule has 3 atom stereocenters. The van der Waals surface area contributed by atoms with Crippen LogP contribution < -0.4 is 10.6 Å². The molecule has 0 saturated carbocycles. The van der Waals surface area contributed by atoms with Gasteiger partial charge < -0.3 is 19.8 Å². The topological polar surface area (TPSA) is 80.0 Å². The highest BCUT2D eigenvalue weighted by Crippen LogP contribution is 2.26. The fourth-order valence-electron chi connectivity index (χ4n) is 5.05. The highest BCUT2D eigenvalue weighted by Gasteiger charge is 2.27. The molecule has 0 spiro atoms. The highest BCUT2D eigenvalue weighted by atomic mass is 19.1. The summed E-state index contributed by atoms with van der Waals surface area (Å²) in [5.74, 6) is 0.292. The minimum absolute atomic E-state index is 0.0541. The van der Waals surface area contributed by atoms with Gasteiger partial charge in [0.25, 0.3) is 0 Å². The summed E-state index contributed by atoms with van der Waals surface area (Å²) in [6, 6.07) is 2.02. The van der Waals surface area contributed by atoms with E-state index < -0.39 is 17.7 Å². The van der Waals surface area contributed by atoms with Gasteiger partial charge in [0.15, 0.2) is 5.82 Å². The van der Waals surface area contributed by atoms with Crippen LogP contribution in [0.3, 0.4) is 0 Å². The van der Waals surface area contributed by atoms with Crippen LogP contribution >= 0.6 is 0 Å². The van der Waals surface area contributed by atoms with Crippen molar-refractivity contribution in [1.82, 2.24) is 29.3 Å². The monoisotopic (exact) mass is 513 g/mol. The second kappa shape index (κ2) is 12.0. The van der Waals surface area contributed by atoms with E-state index in [1.165, 1.54) is 6.07 Å². The maximum Gasteiger partial charge on any atom is 0.242 e. The second-order valence-corrected chi connectivity index (χ2v) is 10.2. The predicted molar refractivity (Wildman–Crippen MR) is 139 cm³/mol. The third kappa shape index (κ3) is 6.81. The number of aryl methyl sites for hydroxylation is 2. The molecule has 2 heterocycles. The Bertz CT molecular complexity index is 1210. The lowest BCUT2D eigenvalue weighted by atomic mass is 9.87. The Morgan fingerprint density at radius 2 is 2.11 bits per heavy atom. The van der Waals surface area contributed by atoms with E-state index in [4.69, 9.17) is 0 Å². The fraction of sp³-hybridized carbons (Fsp3) is 0.519. The van der Waals surface area contributed by atoms with Gasteiger partial charge in [-0.25, -0.2) is 18.7 Å². The minimum Gasteiger partial charge on any atom is -0.337 e. The lowest BCUT2D eigenvalue weighted by molar-refractivity contribution is -0.118. The van der Waals surface area contributed by atoms with Gasteiger partial charge in [0, 0.05) is 50.3 Å². The van der Waals surface area contributed by atoms with Gasteiger partial charge in [0.2, 0.25) is 5.91 Å². The van der Waals surface area contributed by atoms with Crippen molar-refractivity contribution in [1.29, 1.82) is 0 Å². The van der Waals surface area contributed by atoms with E-state index in [1.807, 2.05) is 35.5 Å². The van der Waals surface area contributed by atoms with E-state index in [0.717, 1.165) is 43.4 Å². The molecule has 0 bridgehead atoms. The molecule has 200 valence electrons. The maximum atomic E-state index is 14.3. The minimum atomic E-state index is -0.542. The lowest BCUT2D eigenvalue weighted by Gasteiger charge is -2.29. The van der Waals surface area contributed by atoms with Gasteiger partial charge in [-0.2, -0.15) is 0 Å². The quantitative estimate of drug-likeness (QED) is 0.407. The average Bonchev–Trinajstić information content (AvgIpc) is 3.48. The molecule has 4 rings (SSSR count). The first-order valence-corrected chi connectivity index (χ1v) is 12.9. The summed E-state index contributed by atoms with van der Waals surface area (Å²) in [6.45, 7) is 5.66. The van der Waals surface area contributed by atoms with Crippen molar-refractivity contribution in [3.8, 4) is 0 Å². The van der Waals surface area contributed by atoms with E-state index in [9.17, 15) is 13.6 Å². The smallest absolute Gasteiger partial charge is 0.242 e. The number of nitrogens with one attached hydrogen (secondary N) is 2. The fourth-order valence-corrected chi connectivity index (χ4v) is 5.05. The van der Waals surface area contributed by atoms with Crippen molar-refractivity contribution in [2.24, 2.45) is 7.05 Å². The molecule has 0 saturated heterocycles. The van der Waals surface area contributed by atoms with E-state index in [-0.39, 0.29) is 18.0 Å². The summed E-state index contributed by atoms with van der Waals surface area (Å²) in [5, 5.41) is 6.36. The van der Waals surface area contributed by atoms with Crippen molar-refractivity contribution >= 4 is 11.7 Å². The number of carbonyl (C=O) groups excluding carboxylic acids is 1. The first-order valence-electron chi connectivity index (χ1n) is 12.9. The Labute approximate surface area is 217 Å². The van der Waals surface area contributed by atoms with Crippen LogP contribution in [0.25, 0.3) is 0 Å². The highest BCUT2D eigenvalue weighted by molar-refractivity contribution is 5.94. The number of fused-ring (bicyclic) bond motifs is 1. The Kier molecular flexibility index (Phi) is 8.71. The molecular formula is C27H37F2N7O. The van der Waals surface area contributed by atoms with Crippen LogP contribution in [0.1, 0.15) is 56.1 Å². The van der Waals surface area contributed by atoms with E-state index >= 15 is 0 Å². The molecule has 0 fully saturated rings. The number of anilines is 1. The number of hydrogen-bond acceptors (Lipinski definition) is 5. The standard InChI is InChI=1S/C27H37F2N7O/c1-5-6-24(32-21-8-7-19-11-20(28)12-23(29)22(19)13-21)27(37)33-25-15-36(17-31-25)18(2)14-34(3)16-26-30-9-10-35(26)4/h9-12,15,17-18,21,24,32H,5-8,13-14,16H2,1-4H3,(H,33,37)/t18?,21-,24-/m0/s1. The summed E-state index contributed by atoms with van der Waals surface area (Å²) in [4.78, 5) is 24.1. The van der Waals surface area contributed by atoms with Crippen LogP contribution in [0.5, 0.6) is 0 Å². The maximum absolute atomic E-state index is 14.3. The van der Waals surface area contributed by atoms with Gasteiger partial charge in [0.05, 0.1) is 18.9 Å². The Morgan fingerprint density at radius 1 is 1.30 bits per heavy atom. The van der Waals surface area contributed by atoms with E-state index in [1.54, 1.807) is 12.5 Å². The van der Waals surface area contributed by atoms with Gasteiger partial charge in [-0.15, -0.1) is 0 Å². The van der Waals surface area contributed by atoms with Gasteiger partial charge in [-0.05, 0) is 56.8 Å². The Morgan fingerprint density at radius 3 is 2.84 bits per heavy atom. The van der Waals surface area contributed by atoms with Crippen LogP contribution in [0.4, 0.5) is 14.6 Å². The van der Waals surface area contributed by atoms with Crippen molar-refractivity contribution in [3.05, 3.63) is 65.6 Å². The number of imidazole rings is 2. The second-order valence-electron chi connectivity index (χ2n) is 10.2. The molecule has 1 unspecified atom stereocenters. The van der Waals surface area contributed by atoms with Crippen molar-refractivity contribution in [2.75, 3.05) is 18.9 Å². The molecule has 1 aliphatic rings. The number of hydrogen-bond donors (Lipinski definition) is 2. The molecule has 1 aromatic carbocycles. The van der Waals surface area contributed by atoms with E-state index in [0.29, 0.717) is 30.6 Å². The zero-order valence-electron chi connectivity index (χ0n) is 22.0. The molecule has 1 amide bonds. The Balaban J connectivity index is 1.33. The number of halogens is 2. The summed E-state index contributed by atoms with van der Waals surface area (Å²) >= 11 is 0. The van der Waals surface area contributed by atoms with Gasteiger partial charge in [0.1, 0.15) is 17.5 Å². The summed E-state index contributed by atoms with van der Waals surface area (Å²) in [5.41, 5.74) is 1.26. The summed E-state index contributed by atoms with van der Waals surface area (Å²) < 4.78 is 31.9. The zero-order chi connectivity index (χ0) is 26.5. The molecule has 10 heteroatoms. The number of amides is 1. The predicted octanol–water partition coefficient (Wildman–Crippen LogP) is 3.84. The molecule has 37 heavy (non-hydrogen) atoms. The van der Waals surface area contributed by atoms with Crippen LogP contribution in [-0.2, 0) is 31.2 Å². The molecule has 2 aromatic heterocycles. The first-order chi connectivity index (χ1) is 17.7. The Hall–Kier alpha value is -3.11. The largest absolute Gasteiger partial charge is 0.337 e. The van der Waals surface area contributed by atoms with Crippen LogP contribution in [-0.4, -0.2) is 55.6 Å². The molecule has 3 aromatic rings. The normalized spacial score (nSPS) is 17.0. The van der Waals surface area contributed by atoms with Gasteiger partial charge in [-0.1, -0.05) is 13.3 Å². The summed E-state index contributed by atoms with van der Waals surface area (Å²) in [7, 11) is 4.04. The third-order valence-electron chi connectivity index (χ3n) is 7.07. The molecule has 2 N–H and O–H groups in total. The van der Waals surface area contributed by atoms with E-state index in [2.05, 4.69) is 39.5 Å². The van der Waals surface area contributed by atoms with Gasteiger partial charge >= 0.3 is 0 Å². The van der Waals surface area contributed by atoms with Crippen LogP contribution in [0.2, 0.25) is 0 Å². The number of rotatable bonds is 11. The van der Waals surface area contributed by atoms with Crippen molar-refractivity contribution < 1.29 is 13.6 Å². The molecule has 1 aliphatic carbocycles. The SMILES string of the molecule is CCC[C@H](N[C@H]1CCc2cc(F)cc(F)c2C1)C(=O)Nc1cn(C(C)CN(C)Cc2nccn2C)cn1. The van der Waals surface area contributed by atoms with Gasteiger partial charge in [-0.3, -0.25) is 9.69 Å². The lowest BCUT2D eigenvalue weighted by Crippen LogP contribution is -2.48. The number of likely N-dealkylation sites (N-methyl/N-ethyl adjacent to an activating group) is 1. The number of benzene rings is 1. The molecule has 0 radical (unpaired) electrons. The molecule has 8 nitrogen and oxygen atoms in total. The van der Waals surface area contributed by atoms with Crippen molar-refractivity contribution in [3.63, 3.8) is 0 Å². The average molecular weight is 514 g/mol. The molecule has 0 aliphatic heterocycles. The zero-order valence-corrected chi connectivity index (χ0v) is 22.0. The molecular weight excluding hydrogens is 476 g/mol. The van der Waals surface area contributed by atoms with Crippen LogP contribution in [0, 0.1) is 11.6 Å². The first kappa shape index (κ1) is 26.9.